The van der Waals surface area contributed by atoms with E-state index in [1.807, 2.05) is 27.7 Å². The zero-order valence-corrected chi connectivity index (χ0v) is 19.6. The molecule has 0 bridgehead atoms. The molecule has 9 atom stereocenters. The second-order valence-corrected chi connectivity index (χ2v) is 9.35. The van der Waals surface area contributed by atoms with Gasteiger partial charge in [-0.3, -0.25) is 4.79 Å². The van der Waals surface area contributed by atoms with E-state index in [0.717, 1.165) is 12.8 Å². The molecule has 1 aliphatic rings. The number of carbonyl (C=O) groups is 1. The van der Waals surface area contributed by atoms with E-state index in [9.17, 15) is 35.4 Å². The van der Waals surface area contributed by atoms with Gasteiger partial charge in [-0.2, -0.15) is 0 Å². The quantitative estimate of drug-likeness (QED) is 0.175. The minimum atomic E-state index is -1.58. The van der Waals surface area contributed by atoms with Crippen LogP contribution in [0.4, 0.5) is 0 Å². The number of aliphatic hydroxyl groups is 6. The lowest BCUT2D eigenvalue weighted by Gasteiger charge is -2.40. The number of nitrogens with one attached hydrogen (secondary N) is 1. The van der Waals surface area contributed by atoms with Crippen molar-refractivity contribution in [2.24, 2.45) is 11.8 Å². The van der Waals surface area contributed by atoms with Crippen LogP contribution in [0.3, 0.4) is 0 Å². The topological polar surface area (TPSA) is 169 Å². The molecule has 0 aliphatic carbocycles. The molecule has 10 heteroatoms. The van der Waals surface area contributed by atoms with Crippen molar-refractivity contribution >= 4 is 5.91 Å². The number of rotatable bonds is 14. The third kappa shape index (κ3) is 9.56. The Bertz CT molecular complexity index is 534. The molecule has 0 aromatic carbocycles. The van der Waals surface area contributed by atoms with E-state index in [2.05, 4.69) is 5.32 Å². The fourth-order valence-corrected chi connectivity index (χ4v) is 3.50. The highest BCUT2D eigenvalue weighted by molar-refractivity contribution is 5.76. The summed E-state index contributed by atoms with van der Waals surface area (Å²) in [7, 11) is 0. The first kappa shape index (κ1) is 29.2. The lowest BCUT2D eigenvalue weighted by molar-refractivity contribution is -0.302. The van der Waals surface area contributed by atoms with Gasteiger partial charge in [0.2, 0.25) is 5.91 Å². The van der Waals surface area contributed by atoms with Crippen molar-refractivity contribution in [2.75, 3.05) is 13.2 Å². The molecule has 10 nitrogen and oxygen atoms in total. The van der Waals surface area contributed by atoms with Crippen molar-refractivity contribution in [3.63, 3.8) is 0 Å². The number of aliphatic hydroxyl groups excluding tert-OH is 6. The first-order chi connectivity index (χ1) is 15.0. The Labute approximate surface area is 190 Å². The van der Waals surface area contributed by atoms with Gasteiger partial charge in [0.15, 0.2) is 6.29 Å². The van der Waals surface area contributed by atoms with E-state index in [0.29, 0.717) is 18.8 Å². The highest BCUT2D eigenvalue weighted by Crippen LogP contribution is 2.23. The van der Waals surface area contributed by atoms with Gasteiger partial charge in [0, 0.05) is 0 Å². The van der Waals surface area contributed by atoms with Gasteiger partial charge in [-0.1, -0.05) is 34.1 Å². The molecule has 3 unspecified atom stereocenters. The molecule has 7 N–H and O–H groups in total. The molecule has 0 spiro atoms. The molecule has 1 fully saturated rings. The summed E-state index contributed by atoms with van der Waals surface area (Å²) in [4.78, 5) is 12.5. The van der Waals surface area contributed by atoms with E-state index in [1.54, 1.807) is 0 Å². The van der Waals surface area contributed by atoms with Crippen LogP contribution in [0.25, 0.3) is 0 Å². The number of hydrogen-bond donors (Lipinski definition) is 7. The molecule has 1 rings (SSSR count). The Hall–Kier alpha value is -0.850. The summed E-state index contributed by atoms with van der Waals surface area (Å²) in [6.45, 7) is 7.19. The van der Waals surface area contributed by atoms with Gasteiger partial charge in [-0.15, -0.1) is 0 Å². The normalized spacial score (nSPS) is 30.0. The maximum Gasteiger partial charge on any atom is 0.222 e. The first-order valence-electron chi connectivity index (χ1n) is 11.6. The van der Waals surface area contributed by atoms with Crippen molar-refractivity contribution in [3.8, 4) is 0 Å². The van der Waals surface area contributed by atoms with Crippen molar-refractivity contribution in [2.45, 2.75) is 109 Å². The largest absolute Gasteiger partial charge is 0.394 e. The van der Waals surface area contributed by atoms with Gasteiger partial charge >= 0.3 is 0 Å². The molecular weight excluding hydrogens is 422 g/mol. The highest BCUT2D eigenvalue weighted by atomic mass is 16.7. The van der Waals surface area contributed by atoms with Crippen LogP contribution in [0.1, 0.15) is 59.8 Å². The number of amides is 1. The minimum absolute atomic E-state index is 0.112. The van der Waals surface area contributed by atoms with Crippen LogP contribution >= 0.6 is 0 Å². The van der Waals surface area contributed by atoms with E-state index in [4.69, 9.17) is 9.47 Å². The van der Waals surface area contributed by atoms with Gasteiger partial charge in [-0.05, 0) is 31.1 Å². The second-order valence-electron chi connectivity index (χ2n) is 9.35. The Morgan fingerprint density at radius 3 is 2.28 bits per heavy atom. The molecule has 190 valence electrons. The lowest BCUT2D eigenvalue weighted by Crippen LogP contribution is -2.60. The molecule has 1 amide bonds. The van der Waals surface area contributed by atoms with Crippen LogP contribution in [-0.2, 0) is 14.3 Å². The number of ether oxygens (including phenoxy) is 2. The fraction of sp³-hybridized carbons (Fsp3) is 0.955. The average molecular weight is 466 g/mol. The number of hydrogen-bond acceptors (Lipinski definition) is 9. The standard InChI is InChI=1S/C22H43NO9/c1-5-13(4)8-16(26)15(23-18(27)9-14(25)7-6-12(2)3)11-31-22-21(30)20(29)19(28)17(10-24)32-22/h12-17,19-22,24-26,28-30H,5-11H2,1-4H3,(H,23,27)/t13?,14-,15+,16-,17?,19+,20+,21?,22+/m1/s1. The third-order valence-electron chi connectivity index (χ3n) is 5.94. The maximum atomic E-state index is 12.5. The molecular formula is C22H43NO9. The van der Waals surface area contributed by atoms with E-state index >= 15 is 0 Å². The average Bonchev–Trinajstić information content (AvgIpc) is 2.74. The summed E-state index contributed by atoms with van der Waals surface area (Å²) >= 11 is 0. The molecule has 32 heavy (non-hydrogen) atoms. The van der Waals surface area contributed by atoms with E-state index in [-0.39, 0.29) is 18.9 Å². The maximum absolute atomic E-state index is 12.5. The minimum Gasteiger partial charge on any atom is -0.394 e. The molecule has 0 radical (unpaired) electrons. The first-order valence-corrected chi connectivity index (χ1v) is 11.6. The van der Waals surface area contributed by atoms with Gasteiger partial charge in [0.05, 0.1) is 37.9 Å². The summed E-state index contributed by atoms with van der Waals surface area (Å²) < 4.78 is 10.9. The Balaban J connectivity index is 2.76. The smallest absolute Gasteiger partial charge is 0.222 e. The summed E-state index contributed by atoms with van der Waals surface area (Å²) in [5.41, 5.74) is 0. The fourth-order valence-electron chi connectivity index (χ4n) is 3.50. The zero-order valence-electron chi connectivity index (χ0n) is 19.6. The third-order valence-corrected chi connectivity index (χ3v) is 5.94. The molecule has 1 aliphatic heterocycles. The van der Waals surface area contributed by atoms with Crippen molar-refractivity contribution in [3.05, 3.63) is 0 Å². The molecule has 0 aromatic rings. The number of carbonyl (C=O) groups excluding carboxylic acids is 1. The Morgan fingerprint density at radius 2 is 1.72 bits per heavy atom. The summed E-state index contributed by atoms with van der Waals surface area (Å²) in [5, 5.41) is 62.7. The van der Waals surface area contributed by atoms with Crippen LogP contribution in [0, 0.1) is 11.8 Å². The summed E-state index contributed by atoms with van der Waals surface area (Å²) in [5.74, 6) is 0.157. The van der Waals surface area contributed by atoms with Gasteiger partial charge < -0.3 is 45.4 Å². The van der Waals surface area contributed by atoms with E-state index in [1.165, 1.54) is 0 Å². The van der Waals surface area contributed by atoms with Gasteiger partial charge in [0.1, 0.15) is 24.4 Å². The van der Waals surface area contributed by atoms with Crippen LogP contribution < -0.4 is 5.32 Å². The van der Waals surface area contributed by atoms with Crippen LogP contribution in [-0.4, -0.2) is 98.7 Å². The van der Waals surface area contributed by atoms with Crippen LogP contribution in [0.2, 0.25) is 0 Å². The highest BCUT2D eigenvalue weighted by Gasteiger charge is 2.44. The van der Waals surface area contributed by atoms with Crippen molar-refractivity contribution in [1.29, 1.82) is 0 Å². The summed E-state index contributed by atoms with van der Waals surface area (Å²) in [6.07, 6.45) is -6.50. The molecule has 0 saturated carbocycles. The predicted octanol–water partition coefficient (Wildman–Crippen LogP) is -0.728. The van der Waals surface area contributed by atoms with Gasteiger partial charge in [-0.25, -0.2) is 0 Å². The van der Waals surface area contributed by atoms with Crippen LogP contribution in [0.5, 0.6) is 0 Å². The van der Waals surface area contributed by atoms with Crippen molar-refractivity contribution < 1.29 is 44.9 Å². The molecule has 1 heterocycles. The Kier molecular flexibility index (Phi) is 13.2. The van der Waals surface area contributed by atoms with E-state index < -0.39 is 61.5 Å². The predicted molar refractivity (Wildman–Crippen MR) is 116 cm³/mol. The monoisotopic (exact) mass is 465 g/mol. The zero-order chi connectivity index (χ0) is 24.4. The summed E-state index contributed by atoms with van der Waals surface area (Å²) in [6, 6.07) is -0.846. The second kappa shape index (κ2) is 14.4. The molecule has 1 saturated heterocycles. The van der Waals surface area contributed by atoms with Crippen molar-refractivity contribution in [1.82, 2.24) is 5.32 Å². The SMILES string of the molecule is CCC(C)C[C@@H](O)[C@H](CO[C@H]1OC(CO)[C@H](O)[C@H](O)C1O)NC(=O)C[C@H](O)CCC(C)C. The lowest BCUT2D eigenvalue weighted by atomic mass is 9.96. The molecule has 0 aromatic heterocycles. The Morgan fingerprint density at radius 1 is 1.06 bits per heavy atom. The van der Waals surface area contributed by atoms with Crippen LogP contribution in [0.15, 0.2) is 0 Å². The van der Waals surface area contributed by atoms with Gasteiger partial charge in [0.25, 0.3) is 0 Å².